The van der Waals surface area contributed by atoms with E-state index in [1.807, 2.05) is 0 Å². The van der Waals surface area contributed by atoms with Gasteiger partial charge in [0.25, 0.3) is 0 Å². The molecule has 0 aliphatic heterocycles. The van der Waals surface area contributed by atoms with Crippen molar-refractivity contribution in [3.05, 3.63) is 12.5 Å². The molecule has 0 bridgehead atoms. The second kappa shape index (κ2) is 4.85. The summed E-state index contributed by atoms with van der Waals surface area (Å²) in [6, 6.07) is 0.208. The third-order valence-electron chi connectivity index (χ3n) is 3.01. The molecule has 3 aromatic rings. The number of methoxy groups -OCH3 is 2. The first kappa shape index (κ1) is 13.0. The van der Waals surface area contributed by atoms with Gasteiger partial charge in [0, 0.05) is 13.2 Å². The maximum Gasteiger partial charge on any atom is 0.319 e. The van der Waals surface area contributed by atoms with Gasteiger partial charge in [-0.05, 0) is 0 Å². The highest BCUT2D eigenvalue weighted by atomic mass is 16.5. The van der Waals surface area contributed by atoms with Gasteiger partial charge in [-0.15, -0.1) is 0 Å². The van der Waals surface area contributed by atoms with Crippen molar-refractivity contribution in [1.82, 2.24) is 29.7 Å². The van der Waals surface area contributed by atoms with Crippen molar-refractivity contribution in [2.24, 2.45) is 7.05 Å². The Kier molecular flexibility index (Phi) is 3.01. The number of aryl methyl sites for hydroxylation is 1. The molecule has 108 valence electrons. The van der Waals surface area contributed by atoms with E-state index in [0.717, 1.165) is 0 Å². The molecule has 9 nitrogen and oxygen atoms in total. The zero-order valence-corrected chi connectivity index (χ0v) is 11.7. The van der Waals surface area contributed by atoms with E-state index in [2.05, 4.69) is 25.0 Å². The number of rotatable bonds is 3. The fourth-order valence-electron chi connectivity index (χ4n) is 2.07. The van der Waals surface area contributed by atoms with Gasteiger partial charge in [0.05, 0.1) is 25.2 Å². The number of fused-ring (bicyclic) bond motifs is 1. The molecular weight excluding hydrogens is 274 g/mol. The predicted molar refractivity (Wildman–Crippen MR) is 74.8 cm³/mol. The highest BCUT2D eigenvalue weighted by molar-refractivity contribution is 5.98. The molecule has 0 aromatic carbocycles. The Morgan fingerprint density at radius 2 is 1.95 bits per heavy atom. The summed E-state index contributed by atoms with van der Waals surface area (Å²) >= 11 is 0. The van der Waals surface area contributed by atoms with Gasteiger partial charge in [0.15, 0.2) is 5.65 Å². The summed E-state index contributed by atoms with van der Waals surface area (Å²) in [5.74, 6) is 0.672. The number of nitrogen functional groups attached to an aromatic ring is 1. The molecule has 3 rings (SSSR count). The molecule has 0 atom stereocenters. The molecule has 0 saturated heterocycles. The fraction of sp³-hybridized carbons (Fsp3) is 0.250. The third kappa shape index (κ3) is 1.98. The molecule has 3 aromatic heterocycles. The van der Waals surface area contributed by atoms with E-state index in [9.17, 15) is 0 Å². The van der Waals surface area contributed by atoms with Crippen LogP contribution in [0.25, 0.3) is 22.3 Å². The number of hydrogen-bond acceptors (Lipinski definition) is 8. The highest BCUT2D eigenvalue weighted by Gasteiger charge is 2.20. The molecule has 3 heterocycles. The number of aromatic nitrogens is 6. The summed E-state index contributed by atoms with van der Waals surface area (Å²) in [5.41, 5.74) is 7.71. The van der Waals surface area contributed by atoms with Crippen LogP contribution in [0.5, 0.6) is 11.9 Å². The number of anilines is 1. The van der Waals surface area contributed by atoms with Crippen molar-refractivity contribution >= 4 is 16.9 Å². The lowest BCUT2D eigenvalue weighted by molar-refractivity contribution is 0.353. The van der Waals surface area contributed by atoms with E-state index in [1.165, 1.54) is 20.5 Å². The topological polar surface area (TPSA) is 114 Å². The highest BCUT2D eigenvalue weighted by Crippen LogP contribution is 2.34. The number of nitrogens with zero attached hydrogens (tertiary/aromatic N) is 6. The molecule has 0 aliphatic rings. The minimum absolute atomic E-state index is 0.208. The van der Waals surface area contributed by atoms with Crippen molar-refractivity contribution < 1.29 is 9.47 Å². The third-order valence-corrected chi connectivity index (χ3v) is 3.01. The number of nitrogens with two attached hydrogens (primary N) is 1. The fourth-order valence-corrected chi connectivity index (χ4v) is 2.07. The van der Waals surface area contributed by atoms with Crippen molar-refractivity contribution in [3.63, 3.8) is 0 Å². The Labute approximate surface area is 119 Å². The van der Waals surface area contributed by atoms with Crippen LogP contribution in [0.1, 0.15) is 0 Å². The first-order chi connectivity index (χ1) is 10.2. The van der Waals surface area contributed by atoms with Gasteiger partial charge in [-0.25, -0.2) is 19.6 Å². The summed E-state index contributed by atoms with van der Waals surface area (Å²) in [5, 5.41) is 5.05. The quantitative estimate of drug-likeness (QED) is 0.737. The van der Waals surface area contributed by atoms with Crippen LogP contribution < -0.4 is 15.2 Å². The van der Waals surface area contributed by atoms with Gasteiger partial charge in [-0.3, -0.25) is 0 Å². The Hall–Kier alpha value is -2.97. The molecule has 0 radical (unpaired) electrons. The average molecular weight is 287 g/mol. The Morgan fingerprint density at radius 3 is 2.67 bits per heavy atom. The first-order valence-corrected chi connectivity index (χ1v) is 6.04. The van der Waals surface area contributed by atoms with E-state index in [1.54, 1.807) is 17.9 Å². The van der Waals surface area contributed by atoms with Gasteiger partial charge < -0.3 is 15.2 Å². The van der Waals surface area contributed by atoms with E-state index < -0.39 is 0 Å². The summed E-state index contributed by atoms with van der Waals surface area (Å²) < 4.78 is 11.9. The Balaban J connectivity index is 2.30. The van der Waals surface area contributed by atoms with Crippen molar-refractivity contribution in [2.75, 3.05) is 20.0 Å². The minimum Gasteiger partial charge on any atom is -0.480 e. The van der Waals surface area contributed by atoms with Crippen LogP contribution in [0, 0.1) is 0 Å². The Morgan fingerprint density at radius 1 is 1.14 bits per heavy atom. The summed E-state index contributed by atoms with van der Waals surface area (Å²) in [6.45, 7) is 0. The van der Waals surface area contributed by atoms with Gasteiger partial charge in [0.1, 0.15) is 17.8 Å². The van der Waals surface area contributed by atoms with E-state index in [-0.39, 0.29) is 6.01 Å². The van der Waals surface area contributed by atoms with E-state index >= 15 is 0 Å². The van der Waals surface area contributed by atoms with Crippen molar-refractivity contribution in [1.29, 1.82) is 0 Å². The molecule has 0 aliphatic carbocycles. The van der Waals surface area contributed by atoms with E-state index in [4.69, 9.17) is 15.2 Å². The molecule has 0 spiro atoms. The summed E-state index contributed by atoms with van der Waals surface area (Å²) in [4.78, 5) is 16.4. The predicted octanol–water partition coefficient (Wildman–Crippen LogP) is 0.420. The minimum atomic E-state index is 0.208. The largest absolute Gasteiger partial charge is 0.480 e. The van der Waals surface area contributed by atoms with Crippen LogP contribution in [-0.4, -0.2) is 43.9 Å². The van der Waals surface area contributed by atoms with Crippen LogP contribution in [0.4, 0.5) is 5.82 Å². The monoisotopic (exact) mass is 287 g/mol. The van der Waals surface area contributed by atoms with Crippen molar-refractivity contribution in [2.45, 2.75) is 0 Å². The summed E-state index contributed by atoms with van der Waals surface area (Å²) in [7, 11) is 4.77. The molecule has 0 saturated carbocycles. The molecule has 9 heteroatoms. The normalized spacial score (nSPS) is 10.8. The molecule has 0 fully saturated rings. The smallest absolute Gasteiger partial charge is 0.319 e. The second-order valence-electron chi connectivity index (χ2n) is 4.21. The van der Waals surface area contributed by atoms with Gasteiger partial charge in [0.2, 0.25) is 5.88 Å². The maximum atomic E-state index is 5.94. The van der Waals surface area contributed by atoms with Gasteiger partial charge in [-0.2, -0.15) is 10.1 Å². The first-order valence-electron chi connectivity index (χ1n) is 6.04. The Bertz CT molecular complexity index is 815. The van der Waals surface area contributed by atoms with Gasteiger partial charge >= 0.3 is 6.01 Å². The van der Waals surface area contributed by atoms with Crippen LogP contribution in [0.15, 0.2) is 12.5 Å². The lowest BCUT2D eigenvalue weighted by Crippen LogP contribution is -1.99. The lowest BCUT2D eigenvalue weighted by atomic mass is 10.1. The van der Waals surface area contributed by atoms with Crippen LogP contribution >= 0.6 is 0 Å². The molecule has 2 N–H and O–H groups in total. The van der Waals surface area contributed by atoms with Crippen LogP contribution in [0.2, 0.25) is 0 Å². The van der Waals surface area contributed by atoms with Crippen LogP contribution in [0.3, 0.4) is 0 Å². The number of hydrogen-bond donors (Lipinski definition) is 1. The van der Waals surface area contributed by atoms with E-state index in [0.29, 0.717) is 34.0 Å². The molecule has 21 heavy (non-hydrogen) atoms. The average Bonchev–Trinajstić information content (AvgIpc) is 2.85. The van der Waals surface area contributed by atoms with Crippen LogP contribution in [-0.2, 0) is 7.05 Å². The second-order valence-corrected chi connectivity index (χ2v) is 4.21. The zero-order valence-electron chi connectivity index (χ0n) is 11.7. The molecule has 0 amide bonds. The standard InChI is InChI=1S/C12H13N7O2/c1-19-10-7(9(13)15-5-16-10)8(18-19)6-4-14-12(21-3)17-11(6)20-2/h4-5H,1-3H3,(H2,13,15,16). The number of ether oxygens (including phenoxy) is 2. The SMILES string of the molecule is COc1ncc(-c2nn(C)c3ncnc(N)c23)c(OC)n1. The molecule has 0 unspecified atom stereocenters. The van der Waals surface area contributed by atoms with Gasteiger partial charge in [-0.1, -0.05) is 0 Å². The maximum absolute atomic E-state index is 5.94. The lowest BCUT2D eigenvalue weighted by Gasteiger charge is -2.06. The summed E-state index contributed by atoms with van der Waals surface area (Å²) in [6.07, 6.45) is 2.96. The zero-order chi connectivity index (χ0) is 15.0. The van der Waals surface area contributed by atoms with Crippen molar-refractivity contribution in [3.8, 4) is 23.1 Å². The molecular formula is C12H13N7O2.